The minimum absolute atomic E-state index is 0.00377. The molecule has 5 heteroatoms. The highest BCUT2D eigenvalue weighted by Gasteiger charge is 2.67. The van der Waals surface area contributed by atoms with Crippen LogP contribution in [0.15, 0.2) is 17.7 Å². The molecule has 5 nitrogen and oxygen atoms in total. The van der Waals surface area contributed by atoms with Crippen LogP contribution in [0, 0.1) is 34.5 Å². The molecule has 7 atom stereocenters. The van der Waals surface area contributed by atoms with Crippen molar-refractivity contribution in [1.29, 1.82) is 0 Å². The van der Waals surface area contributed by atoms with Crippen molar-refractivity contribution < 1.29 is 24.5 Å². The normalized spacial score (nSPS) is 41.6. The van der Waals surface area contributed by atoms with Crippen LogP contribution in [-0.2, 0) is 19.7 Å². The fourth-order valence-electron chi connectivity index (χ4n) is 9.59. The Kier molecular flexibility index (Phi) is 5.99. The van der Waals surface area contributed by atoms with Crippen LogP contribution in [0.1, 0.15) is 116 Å². The molecular weight excluding hydrogens is 476 g/mol. The number of allylic oxidation sites excluding steroid dienone is 2. The summed E-state index contributed by atoms with van der Waals surface area (Å²) in [6.07, 6.45) is 9.68. The Morgan fingerprint density at radius 2 is 1.66 bits per heavy atom. The lowest BCUT2D eigenvalue weighted by Crippen LogP contribution is -2.62. The molecule has 5 rings (SSSR count). The number of rotatable bonds is 3. The third-order valence-corrected chi connectivity index (χ3v) is 12.7. The molecule has 2 N–H and O–H groups in total. The Hall–Kier alpha value is -2.30. The van der Waals surface area contributed by atoms with E-state index in [1.165, 1.54) is 12.7 Å². The number of Topliss-reactive ketones (excluding diaryl/α,β-unsaturated/α-hetero) is 1. The van der Waals surface area contributed by atoms with Gasteiger partial charge in [-0.25, -0.2) is 0 Å². The second kappa shape index (κ2) is 8.35. The molecule has 208 valence electrons. The van der Waals surface area contributed by atoms with Crippen molar-refractivity contribution in [3.05, 3.63) is 34.4 Å². The fourth-order valence-corrected chi connectivity index (χ4v) is 9.59. The number of ether oxygens (including phenoxy) is 1. The average molecular weight is 523 g/mol. The number of benzene rings is 1. The first-order valence-corrected chi connectivity index (χ1v) is 14.4. The highest BCUT2D eigenvalue weighted by atomic mass is 16.5. The largest absolute Gasteiger partial charge is 0.504 e. The standard InChI is InChI=1S/C33H46O5/c1-19-27-21(16-26(36)38-8)15-24-31(5,22(27)17-23(35)28(19)37)12-14-33(7)25-18-30(4,20(2)34)10-9-29(25,3)11-13-32(24,33)6/h15,17,21,25,35,37H,9-14,16,18H2,1-8H3/t21-,25+,29+,30+,31-,32+,33-/m0/s1. The van der Waals surface area contributed by atoms with E-state index in [0.29, 0.717) is 17.3 Å². The number of fused-ring (bicyclic) bond motifs is 7. The van der Waals surface area contributed by atoms with Gasteiger partial charge in [-0.05, 0) is 104 Å². The van der Waals surface area contributed by atoms with Gasteiger partial charge in [0.25, 0.3) is 0 Å². The molecule has 0 amide bonds. The van der Waals surface area contributed by atoms with Gasteiger partial charge in [0.1, 0.15) is 5.78 Å². The highest BCUT2D eigenvalue weighted by molar-refractivity contribution is 5.82. The molecule has 0 aliphatic heterocycles. The Morgan fingerprint density at radius 1 is 1.00 bits per heavy atom. The second-order valence-corrected chi connectivity index (χ2v) is 14.4. The maximum absolute atomic E-state index is 12.8. The first-order valence-electron chi connectivity index (χ1n) is 14.4. The molecule has 0 aromatic heterocycles. The van der Waals surface area contributed by atoms with Crippen LogP contribution in [0.4, 0.5) is 0 Å². The minimum Gasteiger partial charge on any atom is -0.504 e. The molecule has 0 unspecified atom stereocenters. The van der Waals surface area contributed by atoms with E-state index in [2.05, 4.69) is 40.7 Å². The number of hydrogen-bond donors (Lipinski definition) is 2. The smallest absolute Gasteiger partial charge is 0.306 e. The molecule has 0 radical (unpaired) electrons. The van der Waals surface area contributed by atoms with Gasteiger partial charge in [0, 0.05) is 16.7 Å². The quantitative estimate of drug-likeness (QED) is 0.248. The first kappa shape index (κ1) is 27.3. The van der Waals surface area contributed by atoms with Crippen LogP contribution in [0.25, 0.3) is 0 Å². The van der Waals surface area contributed by atoms with Gasteiger partial charge in [-0.2, -0.15) is 0 Å². The van der Waals surface area contributed by atoms with Crippen molar-refractivity contribution in [3.8, 4) is 11.5 Å². The summed E-state index contributed by atoms with van der Waals surface area (Å²) < 4.78 is 5.09. The van der Waals surface area contributed by atoms with Crippen LogP contribution in [0.5, 0.6) is 11.5 Å². The third kappa shape index (κ3) is 3.42. The molecule has 4 aliphatic carbocycles. The monoisotopic (exact) mass is 522 g/mol. The molecule has 4 aliphatic rings. The number of carbonyl (C=O) groups is 2. The van der Waals surface area contributed by atoms with E-state index >= 15 is 0 Å². The van der Waals surface area contributed by atoms with E-state index < -0.39 is 0 Å². The zero-order chi connectivity index (χ0) is 28.1. The van der Waals surface area contributed by atoms with Crippen molar-refractivity contribution in [3.63, 3.8) is 0 Å². The van der Waals surface area contributed by atoms with Gasteiger partial charge >= 0.3 is 5.97 Å². The van der Waals surface area contributed by atoms with Gasteiger partial charge in [-0.1, -0.05) is 46.3 Å². The predicted molar refractivity (Wildman–Crippen MR) is 148 cm³/mol. The number of esters is 1. The maximum Gasteiger partial charge on any atom is 0.306 e. The van der Waals surface area contributed by atoms with Crippen molar-refractivity contribution >= 4 is 11.8 Å². The molecule has 0 saturated heterocycles. The van der Waals surface area contributed by atoms with Crippen LogP contribution in [-0.4, -0.2) is 29.1 Å². The van der Waals surface area contributed by atoms with Crippen molar-refractivity contribution in [1.82, 2.24) is 0 Å². The Morgan fingerprint density at radius 3 is 2.29 bits per heavy atom. The second-order valence-electron chi connectivity index (χ2n) is 14.4. The van der Waals surface area contributed by atoms with Gasteiger partial charge in [-0.3, -0.25) is 9.59 Å². The summed E-state index contributed by atoms with van der Waals surface area (Å²) >= 11 is 0. The zero-order valence-corrected chi connectivity index (χ0v) is 24.6. The number of carbonyl (C=O) groups excluding carboxylic acids is 2. The van der Waals surface area contributed by atoms with E-state index in [9.17, 15) is 19.8 Å². The fraction of sp³-hybridized carbons (Fsp3) is 0.697. The van der Waals surface area contributed by atoms with Crippen LogP contribution in [0.3, 0.4) is 0 Å². The van der Waals surface area contributed by atoms with E-state index in [-0.39, 0.29) is 56.9 Å². The first-order chi connectivity index (χ1) is 17.6. The van der Waals surface area contributed by atoms with Gasteiger partial charge in [-0.15, -0.1) is 0 Å². The third-order valence-electron chi connectivity index (χ3n) is 12.7. The number of aromatic hydroxyl groups is 2. The number of methoxy groups -OCH3 is 1. The number of ketones is 1. The van der Waals surface area contributed by atoms with Gasteiger partial charge in [0.05, 0.1) is 13.5 Å². The minimum atomic E-state index is -0.307. The lowest BCUT2D eigenvalue weighted by Gasteiger charge is -2.70. The molecule has 0 spiro atoms. The van der Waals surface area contributed by atoms with Crippen molar-refractivity contribution in [2.75, 3.05) is 7.11 Å². The Balaban J connectivity index is 1.69. The summed E-state index contributed by atoms with van der Waals surface area (Å²) in [6.45, 7) is 15.5. The van der Waals surface area contributed by atoms with Crippen LogP contribution in [0.2, 0.25) is 0 Å². The molecule has 3 saturated carbocycles. The number of phenols is 2. The van der Waals surface area contributed by atoms with Gasteiger partial charge < -0.3 is 14.9 Å². The molecule has 3 fully saturated rings. The SMILES string of the molecule is COC(=O)C[C@@H]1C=C2[C@@](C)(CC[C@@]3(C)[C@@H]4C[C@](C)(C(C)=O)CC[C@]4(C)CC[C@]23C)c2cc(O)c(O)c(C)c21. The Labute approximate surface area is 228 Å². The molecular formula is C33H46O5. The van der Waals surface area contributed by atoms with Crippen LogP contribution < -0.4 is 0 Å². The summed E-state index contributed by atoms with van der Waals surface area (Å²) in [5.41, 5.74) is 3.52. The topological polar surface area (TPSA) is 83.8 Å². The molecule has 1 aromatic rings. The summed E-state index contributed by atoms with van der Waals surface area (Å²) in [5.74, 6) is 0.0269. The van der Waals surface area contributed by atoms with E-state index in [4.69, 9.17) is 4.74 Å². The maximum atomic E-state index is 12.8. The molecule has 0 heterocycles. The van der Waals surface area contributed by atoms with Crippen LogP contribution >= 0.6 is 0 Å². The number of phenolic OH excluding ortho intramolecular Hbond substituents is 2. The summed E-state index contributed by atoms with van der Waals surface area (Å²) in [7, 11) is 1.42. The molecule has 1 aromatic carbocycles. The average Bonchev–Trinajstić information content (AvgIpc) is 2.86. The lowest BCUT2D eigenvalue weighted by atomic mass is 9.34. The van der Waals surface area contributed by atoms with Gasteiger partial charge in [0.2, 0.25) is 0 Å². The summed E-state index contributed by atoms with van der Waals surface area (Å²) in [6, 6.07) is 1.75. The van der Waals surface area contributed by atoms with E-state index in [0.717, 1.165) is 56.1 Å². The predicted octanol–water partition coefficient (Wildman–Crippen LogP) is 7.25. The molecule has 0 bridgehead atoms. The Bertz CT molecular complexity index is 1250. The lowest BCUT2D eigenvalue weighted by molar-refractivity contribution is -0.165. The summed E-state index contributed by atoms with van der Waals surface area (Å²) in [4.78, 5) is 25.4. The zero-order valence-electron chi connectivity index (χ0n) is 24.6. The number of hydrogen-bond acceptors (Lipinski definition) is 5. The molecule has 38 heavy (non-hydrogen) atoms. The van der Waals surface area contributed by atoms with Gasteiger partial charge in [0.15, 0.2) is 11.5 Å². The van der Waals surface area contributed by atoms with Crippen molar-refractivity contribution in [2.24, 2.45) is 27.6 Å². The summed E-state index contributed by atoms with van der Waals surface area (Å²) in [5, 5.41) is 21.4. The van der Waals surface area contributed by atoms with E-state index in [1.54, 1.807) is 13.0 Å². The van der Waals surface area contributed by atoms with E-state index in [1.807, 2.05) is 6.92 Å². The van der Waals surface area contributed by atoms with Crippen molar-refractivity contribution in [2.45, 2.75) is 111 Å². The highest BCUT2D eigenvalue weighted by Crippen LogP contribution is 2.75.